The van der Waals surface area contributed by atoms with Crippen molar-refractivity contribution in [1.29, 1.82) is 0 Å². The highest BCUT2D eigenvalue weighted by atomic mass is 32.2. The molecule has 3 atom stereocenters. The van der Waals surface area contributed by atoms with E-state index in [1.807, 2.05) is 18.2 Å². The fourth-order valence-corrected chi connectivity index (χ4v) is 3.51. The molecule has 1 aromatic carbocycles. The molecular formula is C17H25NO3S. The Hall–Kier alpha value is -1.36. The van der Waals surface area contributed by atoms with E-state index in [0.29, 0.717) is 5.92 Å². The third-order valence-corrected chi connectivity index (χ3v) is 6.09. The van der Waals surface area contributed by atoms with E-state index in [1.54, 1.807) is 0 Å². The predicted molar refractivity (Wildman–Crippen MR) is 88.3 cm³/mol. The van der Waals surface area contributed by atoms with Crippen molar-refractivity contribution in [1.82, 2.24) is 5.32 Å². The van der Waals surface area contributed by atoms with Crippen molar-refractivity contribution in [3.63, 3.8) is 0 Å². The minimum Gasteiger partial charge on any atom is -0.352 e. The number of hydrogen-bond donors (Lipinski definition) is 1. The summed E-state index contributed by atoms with van der Waals surface area (Å²) in [5, 5.41) is 2.00. The topological polar surface area (TPSA) is 63.2 Å². The van der Waals surface area contributed by atoms with Crippen LogP contribution in [0.5, 0.6) is 0 Å². The van der Waals surface area contributed by atoms with E-state index in [2.05, 4.69) is 17.4 Å². The molecule has 1 amide bonds. The Bertz CT molecular complexity index is 598. The number of rotatable bonds is 5. The Morgan fingerprint density at radius 2 is 1.86 bits per heavy atom. The zero-order valence-corrected chi connectivity index (χ0v) is 14.1. The number of carbonyl (C=O) groups excluding carboxylic acids is 1. The van der Waals surface area contributed by atoms with Gasteiger partial charge < -0.3 is 5.32 Å². The van der Waals surface area contributed by atoms with Gasteiger partial charge in [0, 0.05) is 12.3 Å². The van der Waals surface area contributed by atoms with Crippen molar-refractivity contribution >= 4 is 15.7 Å². The average Bonchev–Trinajstić information content (AvgIpc) is 2.48. The molecule has 2 rings (SSSR count). The molecule has 0 saturated heterocycles. The zero-order chi connectivity index (χ0) is 16.2. The van der Waals surface area contributed by atoms with Gasteiger partial charge in [0.1, 0.15) is 5.25 Å². The first-order valence-corrected chi connectivity index (χ1v) is 9.86. The largest absolute Gasteiger partial charge is 0.352 e. The van der Waals surface area contributed by atoms with Crippen molar-refractivity contribution in [3.8, 4) is 0 Å². The number of sulfone groups is 1. The van der Waals surface area contributed by atoms with E-state index < -0.39 is 15.1 Å². The maximum atomic E-state index is 12.2. The number of benzene rings is 1. The summed E-state index contributed by atoms with van der Waals surface area (Å²) in [5.74, 6) is 0.0133. The predicted octanol–water partition coefficient (Wildman–Crippen LogP) is 2.34. The van der Waals surface area contributed by atoms with Gasteiger partial charge in [-0.05, 0) is 37.7 Å². The number of carbonyl (C=O) groups is 1. The molecule has 0 unspecified atom stereocenters. The van der Waals surface area contributed by atoms with Crippen molar-refractivity contribution in [2.45, 2.75) is 50.3 Å². The van der Waals surface area contributed by atoms with Gasteiger partial charge in [0.2, 0.25) is 5.91 Å². The maximum absolute atomic E-state index is 12.2. The van der Waals surface area contributed by atoms with Crippen LogP contribution in [0.1, 0.15) is 38.2 Å². The van der Waals surface area contributed by atoms with Crippen LogP contribution in [0.15, 0.2) is 30.3 Å². The number of hydrogen-bond acceptors (Lipinski definition) is 3. The van der Waals surface area contributed by atoms with Gasteiger partial charge in [-0.1, -0.05) is 43.2 Å². The van der Waals surface area contributed by atoms with Crippen LogP contribution in [0.4, 0.5) is 0 Å². The maximum Gasteiger partial charge on any atom is 0.238 e. The van der Waals surface area contributed by atoms with Gasteiger partial charge in [-0.2, -0.15) is 0 Å². The average molecular weight is 323 g/mol. The molecule has 1 fully saturated rings. The second-order valence-electron chi connectivity index (χ2n) is 6.32. The first kappa shape index (κ1) is 17.0. The second kappa shape index (κ2) is 7.27. The van der Waals surface area contributed by atoms with Gasteiger partial charge in [0.15, 0.2) is 9.84 Å². The molecule has 1 aliphatic rings. The molecule has 0 spiro atoms. The van der Waals surface area contributed by atoms with Crippen molar-refractivity contribution in [2.24, 2.45) is 5.92 Å². The molecule has 1 aromatic rings. The Morgan fingerprint density at radius 3 is 2.50 bits per heavy atom. The quantitative estimate of drug-likeness (QED) is 0.904. The summed E-state index contributed by atoms with van der Waals surface area (Å²) < 4.78 is 23.1. The van der Waals surface area contributed by atoms with Crippen molar-refractivity contribution in [2.75, 3.05) is 6.26 Å². The summed E-state index contributed by atoms with van der Waals surface area (Å²) in [7, 11) is -3.34. The highest BCUT2D eigenvalue weighted by molar-refractivity contribution is 7.92. The van der Waals surface area contributed by atoms with E-state index in [-0.39, 0.29) is 11.9 Å². The van der Waals surface area contributed by atoms with E-state index in [1.165, 1.54) is 18.9 Å². The molecule has 0 heterocycles. The highest BCUT2D eigenvalue weighted by Gasteiger charge is 2.30. The van der Waals surface area contributed by atoms with Crippen LogP contribution in [0, 0.1) is 5.92 Å². The second-order valence-corrected chi connectivity index (χ2v) is 8.69. The van der Waals surface area contributed by atoms with Crippen LogP contribution < -0.4 is 5.32 Å². The molecular weight excluding hydrogens is 298 g/mol. The van der Waals surface area contributed by atoms with Crippen LogP contribution in [-0.4, -0.2) is 31.9 Å². The summed E-state index contributed by atoms with van der Waals surface area (Å²) in [6, 6.07) is 10.3. The molecule has 1 saturated carbocycles. The standard InChI is InChI=1S/C17H25NO3S/c1-13(22(2,20)21)17(19)18-16-11-7-6-10-15(16)12-14-8-4-3-5-9-14/h3-5,8-9,13,15-16H,6-7,10-12H2,1-2H3,(H,18,19)/t13-,15-,16-/m1/s1. The summed E-state index contributed by atoms with van der Waals surface area (Å²) in [5.41, 5.74) is 1.27. The SMILES string of the molecule is C[C@H](C(=O)N[C@@H]1CCCC[C@@H]1Cc1ccccc1)S(C)(=O)=O. The van der Waals surface area contributed by atoms with Gasteiger partial charge in [-0.15, -0.1) is 0 Å². The van der Waals surface area contributed by atoms with Crippen LogP contribution in [-0.2, 0) is 21.1 Å². The molecule has 5 heteroatoms. The van der Waals surface area contributed by atoms with E-state index in [0.717, 1.165) is 31.9 Å². The summed E-state index contributed by atoms with van der Waals surface area (Å²) in [6.45, 7) is 1.46. The third kappa shape index (κ3) is 4.57. The molecule has 1 aliphatic carbocycles. The first-order valence-electron chi connectivity index (χ1n) is 7.91. The van der Waals surface area contributed by atoms with Crippen molar-refractivity contribution in [3.05, 3.63) is 35.9 Å². The van der Waals surface area contributed by atoms with Gasteiger partial charge >= 0.3 is 0 Å². The van der Waals surface area contributed by atoms with E-state index in [4.69, 9.17) is 0 Å². The number of amides is 1. The molecule has 122 valence electrons. The highest BCUT2D eigenvalue weighted by Crippen LogP contribution is 2.27. The lowest BCUT2D eigenvalue weighted by Gasteiger charge is -2.33. The Morgan fingerprint density at radius 1 is 1.23 bits per heavy atom. The first-order chi connectivity index (χ1) is 10.4. The monoisotopic (exact) mass is 323 g/mol. The Kier molecular flexibility index (Phi) is 5.62. The number of nitrogens with one attached hydrogen (secondary N) is 1. The van der Waals surface area contributed by atoms with Crippen LogP contribution in [0.2, 0.25) is 0 Å². The lowest BCUT2D eigenvalue weighted by Crippen LogP contribution is -2.47. The van der Waals surface area contributed by atoms with E-state index >= 15 is 0 Å². The molecule has 0 aliphatic heterocycles. The fraction of sp³-hybridized carbons (Fsp3) is 0.588. The van der Waals surface area contributed by atoms with Gasteiger partial charge in [0.05, 0.1) is 0 Å². The van der Waals surface area contributed by atoms with Crippen molar-refractivity contribution < 1.29 is 13.2 Å². The van der Waals surface area contributed by atoms with E-state index in [9.17, 15) is 13.2 Å². The smallest absolute Gasteiger partial charge is 0.238 e. The fourth-order valence-electron chi connectivity index (χ4n) is 3.05. The summed E-state index contributed by atoms with van der Waals surface area (Å²) >= 11 is 0. The third-order valence-electron chi connectivity index (χ3n) is 4.59. The molecule has 0 radical (unpaired) electrons. The van der Waals surface area contributed by atoms with Gasteiger partial charge in [-0.3, -0.25) is 4.79 Å². The molecule has 1 N–H and O–H groups in total. The molecule has 22 heavy (non-hydrogen) atoms. The lowest BCUT2D eigenvalue weighted by molar-refractivity contribution is -0.121. The normalized spacial score (nSPS) is 23.7. The van der Waals surface area contributed by atoms with Gasteiger partial charge in [-0.25, -0.2) is 8.42 Å². The van der Waals surface area contributed by atoms with Crippen LogP contribution in [0.25, 0.3) is 0 Å². The minimum atomic E-state index is -3.34. The molecule has 4 nitrogen and oxygen atoms in total. The molecule has 0 bridgehead atoms. The van der Waals surface area contributed by atoms with Crippen LogP contribution >= 0.6 is 0 Å². The Labute approximate surface area is 133 Å². The minimum absolute atomic E-state index is 0.0747. The Balaban J connectivity index is 2.02. The summed E-state index contributed by atoms with van der Waals surface area (Å²) in [6.07, 6.45) is 6.31. The van der Waals surface area contributed by atoms with Crippen LogP contribution in [0.3, 0.4) is 0 Å². The van der Waals surface area contributed by atoms with Gasteiger partial charge in [0.25, 0.3) is 0 Å². The molecule has 0 aromatic heterocycles. The lowest BCUT2D eigenvalue weighted by atomic mass is 9.80. The zero-order valence-electron chi connectivity index (χ0n) is 13.3. The summed E-state index contributed by atoms with van der Waals surface area (Å²) in [4.78, 5) is 12.2.